The minimum atomic E-state index is -0.343. The fourth-order valence-corrected chi connectivity index (χ4v) is 1.98. The normalized spacial score (nSPS) is 22.9. The fourth-order valence-electron chi connectivity index (χ4n) is 1.98. The van der Waals surface area contributed by atoms with Crippen molar-refractivity contribution < 1.29 is 18.8 Å². The van der Waals surface area contributed by atoms with Crippen LogP contribution < -0.4 is 0 Å². The molecule has 0 bridgehead atoms. The van der Waals surface area contributed by atoms with Gasteiger partial charge in [0.1, 0.15) is 0 Å². The van der Waals surface area contributed by atoms with E-state index in [-0.39, 0.29) is 30.2 Å². The Balaban J connectivity index is 2.61. The van der Waals surface area contributed by atoms with Crippen molar-refractivity contribution in [3.8, 4) is 0 Å². The lowest BCUT2D eigenvalue weighted by molar-refractivity contribution is -0.147. The molecule has 104 valence electrons. The van der Waals surface area contributed by atoms with Crippen LogP contribution in [-0.2, 0) is 18.8 Å². The van der Waals surface area contributed by atoms with Crippen LogP contribution in [0.5, 0.6) is 0 Å². The van der Waals surface area contributed by atoms with Gasteiger partial charge in [-0.1, -0.05) is 6.92 Å². The molecule has 0 spiro atoms. The summed E-state index contributed by atoms with van der Waals surface area (Å²) in [4.78, 5) is 11.8. The predicted molar refractivity (Wildman–Crippen MR) is 71.3 cm³/mol. The first kappa shape index (κ1) is 15.5. The largest absolute Gasteiger partial charge is 0.466 e. The Morgan fingerprint density at radius 3 is 2.06 bits per heavy atom. The van der Waals surface area contributed by atoms with Gasteiger partial charge in [0.15, 0.2) is 0 Å². The van der Waals surface area contributed by atoms with Crippen LogP contribution in [0.2, 0.25) is 6.32 Å². The van der Waals surface area contributed by atoms with E-state index < -0.39 is 0 Å². The second-order valence-electron chi connectivity index (χ2n) is 5.78. The molecule has 18 heavy (non-hydrogen) atoms. The standard InChI is InChI=1S/C13H25BO4/c1-7-10(11(15)16-8-2)9-14-17-12(3,4)13(5,6)18-14/h10H,7-9H2,1-6H3. The van der Waals surface area contributed by atoms with Crippen LogP contribution in [0, 0.1) is 5.92 Å². The first-order chi connectivity index (χ1) is 8.23. The second kappa shape index (κ2) is 5.62. The highest BCUT2D eigenvalue weighted by atomic mass is 16.7. The first-order valence-electron chi connectivity index (χ1n) is 6.75. The summed E-state index contributed by atoms with van der Waals surface area (Å²) in [6.45, 7) is 12.3. The highest BCUT2D eigenvalue weighted by molar-refractivity contribution is 6.46. The van der Waals surface area contributed by atoms with Gasteiger partial charge in [-0.15, -0.1) is 0 Å². The molecule has 0 saturated carbocycles. The molecule has 1 fully saturated rings. The quantitative estimate of drug-likeness (QED) is 0.560. The van der Waals surface area contributed by atoms with E-state index in [4.69, 9.17) is 14.0 Å². The van der Waals surface area contributed by atoms with Gasteiger partial charge >= 0.3 is 13.1 Å². The summed E-state index contributed by atoms with van der Waals surface area (Å²) in [5.41, 5.74) is -0.685. The lowest BCUT2D eigenvalue weighted by atomic mass is 9.76. The van der Waals surface area contributed by atoms with Crippen molar-refractivity contribution in [1.29, 1.82) is 0 Å². The van der Waals surface area contributed by atoms with Crippen molar-refractivity contribution in [3.63, 3.8) is 0 Å². The van der Waals surface area contributed by atoms with Crippen molar-refractivity contribution >= 4 is 13.1 Å². The molecule has 1 atom stereocenters. The lowest BCUT2D eigenvalue weighted by Crippen LogP contribution is -2.41. The van der Waals surface area contributed by atoms with Crippen molar-refractivity contribution in [2.75, 3.05) is 6.61 Å². The van der Waals surface area contributed by atoms with E-state index in [9.17, 15) is 4.79 Å². The minimum Gasteiger partial charge on any atom is -0.466 e. The number of carbonyl (C=O) groups excluding carboxylic acids is 1. The SMILES string of the molecule is CCOC(=O)C(CC)CB1OC(C)(C)C(C)(C)O1. The highest BCUT2D eigenvalue weighted by Crippen LogP contribution is 2.38. The van der Waals surface area contributed by atoms with Gasteiger partial charge in [-0.25, -0.2) is 0 Å². The molecule has 0 radical (unpaired) electrons. The topological polar surface area (TPSA) is 44.8 Å². The molecule has 1 aliphatic heterocycles. The Morgan fingerprint density at radius 1 is 1.17 bits per heavy atom. The molecule has 0 aliphatic carbocycles. The van der Waals surface area contributed by atoms with Gasteiger partial charge in [0.05, 0.1) is 23.7 Å². The average molecular weight is 256 g/mol. The van der Waals surface area contributed by atoms with Crippen LogP contribution in [0.4, 0.5) is 0 Å². The molecule has 1 aliphatic rings. The van der Waals surface area contributed by atoms with Gasteiger partial charge < -0.3 is 14.0 Å². The maximum absolute atomic E-state index is 11.8. The van der Waals surface area contributed by atoms with E-state index >= 15 is 0 Å². The molecule has 4 nitrogen and oxygen atoms in total. The van der Waals surface area contributed by atoms with Crippen LogP contribution in [0.15, 0.2) is 0 Å². The summed E-state index contributed by atoms with van der Waals surface area (Å²) < 4.78 is 16.8. The average Bonchev–Trinajstić information content (AvgIpc) is 2.44. The van der Waals surface area contributed by atoms with E-state index in [2.05, 4.69) is 0 Å². The van der Waals surface area contributed by atoms with Crippen LogP contribution in [-0.4, -0.2) is 30.9 Å². The molecular weight excluding hydrogens is 231 g/mol. The molecule has 0 aromatic carbocycles. The number of carbonyl (C=O) groups is 1. The van der Waals surface area contributed by atoms with Gasteiger partial charge in [0.2, 0.25) is 0 Å². The van der Waals surface area contributed by atoms with Crippen molar-refractivity contribution in [2.45, 2.75) is 65.5 Å². The predicted octanol–water partition coefficient (Wildman–Crippen LogP) is 2.67. The minimum absolute atomic E-state index is 0.153. The zero-order valence-electron chi connectivity index (χ0n) is 12.4. The molecule has 1 unspecified atom stereocenters. The molecule has 0 amide bonds. The second-order valence-corrected chi connectivity index (χ2v) is 5.78. The maximum Gasteiger partial charge on any atom is 0.458 e. The Labute approximate surface area is 111 Å². The molecule has 0 aromatic rings. The monoisotopic (exact) mass is 256 g/mol. The maximum atomic E-state index is 11.8. The highest BCUT2D eigenvalue weighted by Gasteiger charge is 2.51. The molecule has 0 aromatic heterocycles. The summed E-state index contributed by atoms with van der Waals surface area (Å²) in [6.07, 6.45) is 1.30. The molecule has 1 heterocycles. The van der Waals surface area contributed by atoms with Gasteiger partial charge in [0.25, 0.3) is 0 Å². The number of ether oxygens (including phenoxy) is 1. The number of hydrogen-bond acceptors (Lipinski definition) is 4. The van der Waals surface area contributed by atoms with E-state index in [0.717, 1.165) is 6.42 Å². The molecule has 5 heteroatoms. The molecule has 1 saturated heterocycles. The summed E-state index contributed by atoms with van der Waals surface area (Å²) in [7, 11) is -0.329. The Kier molecular flexibility index (Phi) is 4.84. The molecule has 0 N–H and O–H groups in total. The third-order valence-electron chi connectivity index (χ3n) is 3.89. The van der Waals surface area contributed by atoms with Crippen molar-refractivity contribution in [3.05, 3.63) is 0 Å². The first-order valence-corrected chi connectivity index (χ1v) is 6.75. The fraction of sp³-hybridized carbons (Fsp3) is 0.923. The van der Waals surface area contributed by atoms with Crippen molar-refractivity contribution in [1.82, 2.24) is 0 Å². The van der Waals surface area contributed by atoms with Crippen LogP contribution >= 0.6 is 0 Å². The van der Waals surface area contributed by atoms with Gasteiger partial charge in [-0.3, -0.25) is 4.79 Å². The zero-order valence-corrected chi connectivity index (χ0v) is 12.4. The van der Waals surface area contributed by atoms with Gasteiger partial charge in [0, 0.05) is 0 Å². The Morgan fingerprint density at radius 2 is 1.67 bits per heavy atom. The van der Waals surface area contributed by atoms with E-state index in [1.54, 1.807) is 0 Å². The van der Waals surface area contributed by atoms with Crippen LogP contribution in [0.3, 0.4) is 0 Å². The summed E-state index contributed by atoms with van der Waals surface area (Å²) in [6, 6.07) is 0. The van der Waals surface area contributed by atoms with Gasteiger partial charge in [-0.05, 0) is 47.4 Å². The summed E-state index contributed by atoms with van der Waals surface area (Å²) >= 11 is 0. The lowest BCUT2D eigenvalue weighted by Gasteiger charge is -2.32. The summed E-state index contributed by atoms with van der Waals surface area (Å²) in [5, 5.41) is 0. The summed E-state index contributed by atoms with van der Waals surface area (Å²) in [5.74, 6) is -0.311. The number of esters is 1. The third-order valence-corrected chi connectivity index (χ3v) is 3.89. The molecule has 1 rings (SSSR count). The van der Waals surface area contributed by atoms with E-state index in [0.29, 0.717) is 12.9 Å². The van der Waals surface area contributed by atoms with Crippen LogP contribution in [0.1, 0.15) is 48.0 Å². The number of rotatable bonds is 5. The smallest absolute Gasteiger partial charge is 0.458 e. The third kappa shape index (κ3) is 3.26. The van der Waals surface area contributed by atoms with Gasteiger partial charge in [-0.2, -0.15) is 0 Å². The van der Waals surface area contributed by atoms with E-state index in [1.807, 2.05) is 41.5 Å². The van der Waals surface area contributed by atoms with Crippen LogP contribution in [0.25, 0.3) is 0 Å². The van der Waals surface area contributed by atoms with E-state index in [1.165, 1.54) is 0 Å². The Bertz CT molecular complexity index is 285. The molecular formula is C13H25BO4. The zero-order chi connectivity index (χ0) is 14.0. The Hall–Kier alpha value is -0.545. The van der Waals surface area contributed by atoms with Crippen molar-refractivity contribution in [2.24, 2.45) is 5.92 Å². The number of hydrogen-bond donors (Lipinski definition) is 0.